The molecule has 1 aromatic rings. The monoisotopic (exact) mass is 283 g/mol. The van der Waals surface area contributed by atoms with E-state index < -0.39 is 6.10 Å². The second-order valence-corrected chi connectivity index (χ2v) is 4.67. The van der Waals surface area contributed by atoms with Crippen molar-refractivity contribution in [3.05, 3.63) is 24.3 Å². The summed E-state index contributed by atoms with van der Waals surface area (Å²) in [7, 11) is 1.61. The van der Waals surface area contributed by atoms with E-state index in [2.05, 4.69) is 5.32 Å². The molecule has 2 atom stereocenters. The van der Waals surface area contributed by atoms with Gasteiger partial charge in [-0.1, -0.05) is 6.92 Å². The fourth-order valence-electron chi connectivity index (χ4n) is 1.83. The molecule has 0 aliphatic rings. The van der Waals surface area contributed by atoms with Gasteiger partial charge in [-0.25, -0.2) is 0 Å². The maximum absolute atomic E-state index is 9.85. The first-order valence-electron chi connectivity index (χ1n) is 6.98. The van der Waals surface area contributed by atoms with E-state index in [1.54, 1.807) is 19.2 Å². The second-order valence-electron chi connectivity index (χ2n) is 4.67. The number of hydrogen-bond acceptors (Lipinski definition) is 5. The Morgan fingerprint density at radius 3 is 2.40 bits per heavy atom. The fraction of sp³-hybridized carbons (Fsp3) is 0.600. The SMILES string of the molecule is CCC(CCO)NCC(O)COc1ccc(OC)cc1. The summed E-state index contributed by atoms with van der Waals surface area (Å²) in [5.41, 5.74) is 0. The van der Waals surface area contributed by atoms with Crippen LogP contribution in [0.2, 0.25) is 0 Å². The fourth-order valence-corrected chi connectivity index (χ4v) is 1.83. The standard InChI is InChI=1S/C15H25NO4/c1-3-12(8-9-17)16-10-13(18)11-20-15-6-4-14(19-2)5-7-15/h4-7,12-13,16-18H,3,8-11H2,1-2H3. The number of methoxy groups -OCH3 is 1. The molecule has 5 nitrogen and oxygen atoms in total. The van der Waals surface area contributed by atoms with Crippen molar-refractivity contribution in [3.8, 4) is 11.5 Å². The quantitative estimate of drug-likeness (QED) is 0.601. The molecule has 0 spiro atoms. The molecule has 0 bridgehead atoms. The van der Waals surface area contributed by atoms with Crippen molar-refractivity contribution in [1.82, 2.24) is 5.32 Å². The van der Waals surface area contributed by atoms with E-state index in [9.17, 15) is 5.11 Å². The summed E-state index contributed by atoms with van der Waals surface area (Å²) in [5.74, 6) is 1.47. The van der Waals surface area contributed by atoms with Crippen molar-refractivity contribution in [2.45, 2.75) is 31.9 Å². The lowest BCUT2D eigenvalue weighted by Crippen LogP contribution is -2.38. The highest BCUT2D eigenvalue weighted by atomic mass is 16.5. The molecule has 0 saturated heterocycles. The van der Waals surface area contributed by atoms with Gasteiger partial charge >= 0.3 is 0 Å². The molecule has 20 heavy (non-hydrogen) atoms. The molecule has 5 heteroatoms. The van der Waals surface area contributed by atoms with Gasteiger partial charge in [-0.05, 0) is 37.1 Å². The highest BCUT2D eigenvalue weighted by Gasteiger charge is 2.09. The van der Waals surface area contributed by atoms with Gasteiger partial charge in [-0.2, -0.15) is 0 Å². The molecule has 1 aromatic carbocycles. The summed E-state index contributed by atoms with van der Waals surface area (Å²) in [6, 6.07) is 7.47. The Hall–Kier alpha value is -1.30. The average molecular weight is 283 g/mol. The van der Waals surface area contributed by atoms with Crippen LogP contribution < -0.4 is 14.8 Å². The lowest BCUT2D eigenvalue weighted by atomic mass is 10.1. The third kappa shape index (κ3) is 6.23. The van der Waals surface area contributed by atoms with Crippen molar-refractivity contribution in [2.75, 3.05) is 26.9 Å². The van der Waals surface area contributed by atoms with Gasteiger partial charge < -0.3 is 25.0 Å². The van der Waals surface area contributed by atoms with E-state index in [0.29, 0.717) is 18.7 Å². The van der Waals surface area contributed by atoms with E-state index >= 15 is 0 Å². The highest BCUT2D eigenvalue weighted by molar-refractivity contribution is 5.31. The van der Waals surface area contributed by atoms with Crippen molar-refractivity contribution < 1.29 is 19.7 Å². The molecule has 0 radical (unpaired) electrons. The largest absolute Gasteiger partial charge is 0.497 e. The van der Waals surface area contributed by atoms with Gasteiger partial charge in [0.2, 0.25) is 0 Å². The van der Waals surface area contributed by atoms with E-state index in [-0.39, 0.29) is 19.3 Å². The molecule has 0 aliphatic carbocycles. The Balaban J connectivity index is 2.26. The Kier molecular flexibility index (Phi) is 8.02. The van der Waals surface area contributed by atoms with E-state index in [1.807, 2.05) is 19.1 Å². The van der Waals surface area contributed by atoms with Crippen molar-refractivity contribution in [3.63, 3.8) is 0 Å². The van der Waals surface area contributed by atoms with Gasteiger partial charge in [0.1, 0.15) is 24.2 Å². The molecule has 2 unspecified atom stereocenters. The molecule has 0 saturated carbocycles. The summed E-state index contributed by atoms with van der Waals surface area (Å²) >= 11 is 0. The third-order valence-corrected chi connectivity index (χ3v) is 3.11. The Labute approximate surface area is 120 Å². The van der Waals surface area contributed by atoms with Crippen molar-refractivity contribution >= 4 is 0 Å². The zero-order chi connectivity index (χ0) is 14.8. The summed E-state index contributed by atoms with van der Waals surface area (Å²) < 4.78 is 10.6. The first-order valence-corrected chi connectivity index (χ1v) is 6.98. The van der Waals surface area contributed by atoms with Crippen LogP contribution in [0.4, 0.5) is 0 Å². The maximum atomic E-state index is 9.85. The van der Waals surface area contributed by atoms with Crippen LogP contribution in [0.3, 0.4) is 0 Å². The zero-order valence-corrected chi connectivity index (χ0v) is 12.2. The molecule has 0 aliphatic heterocycles. The van der Waals surface area contributed by atoms with Crippen molar-refractivity contribution in [2.24, 2.45) is 0 Å². The van der Waals surface area contributed by atoms with Gasteiger partial charge in [0.25, 0.3) is 0 Å². The van der Waals surface area contributed by atoms with Crippen molar-refractivity contribution in [1.29, 1.82) is 0 Å². The molecule has 0 aromatic heterocycles. The molecular formula is C15H25NO4. The lowest BCUT2D eigenvalue weighted by molar-refractivity contribution is 0.102. The van der Waals surface area contributed by atoms with Crippen LogP contribution in [0.15, 0.2) is 24.3 Å². The average Bonchev–Trinajstić information content (AvgIpc) is 2.49. The maximum Gasteiger partial charge on any atom is 0.119 e. The number of hydrogen-bond donors (Lipinski definition) is 3. The summed E-state index contributed by atoms with van der Waals surface area (Å²) in [5, 5.41) is 22.0. The molecule has 0 heterocycles. The second kappa shape index (κ2) is 9.58. The number of nitrogens with one attached hydrogen (secondary N) is 1. The number of aliphatic hydroxyl groups excluding tert-OH is 2. The Morgan fingerprint density at radius 1 is 1.20 bits per heavy atom. The smallest absolute Gasteiger partial charge is 0.119 e. The van der Waals surface area contributed by atoms with Crippen LogP contribution in [0, 0.1) is 0 Å². The van der Waals surface area contributed by atoms with E-state index in [1.165, 1.54) is 0 Å². The van der Waals surface area contributed by atoms with Crippen LogP contribution in [-0.2, 0) is 0 Å². The van der Waals surface area contributed by atoms with Gasteiger partial charge in [-0.15, -0.1) is 0 Å². The summed E-state index contributed by atoms with van der Waals surface area (Å²) in [6.45, 7) is 2.89. The van der Waals surface area contributed by atoms with Gasteiger partial charge in [0, 0.05) is 19.2 Å². The number of benzene rings is 1. The summed E-state index contributed by atoms with van der Waals surface area (Å²) in [4.78, 5) is 0. The minimum atomic E-state index is -0.579. The first kappa shape index (κ1) is 16.8. The number of rotatable bonds is 10. The van der Waals surface area contributed by atoms with Crippen LogP contribution in [0.25, 0.3) is 0 Å². The van der Waals surface area contributed by atoms with E-state index in [0.717, 1.165) is 12.2 Å². The van der Waals surface area contributed by atoms with Crippen LogP contribution in [0.1, 0.15) is 19.8 Å². The molecule has 114 valence electrons. The van der Waals surface area contributed by atoms with Gasteiger partial charge in [0.15, 0.2) is 0 Å². The third-order valence-electron chi connectivity index (χ3n) is 3.11. The normalized spacial score (nSPS) is 13.8. The minimum Gasteiger partial charge on any atom is -0.497 e. The van der Waals surface area contributed by atoms with E-state index in [4.69, 9.17) is 14.6 Å². The van der Waals surface area contributed by atoms with Crippen LogP contribution in [-0.4, -0.2) is 49.2 Å². The number of aliphatic hydroxyl groups is 2. The minimum absolute atomic E-state index is 0.157. The predicted octanol–water partition coefficient (Wildman–Crippen LogP) is 1.19. The predicted molar refractivity (Wildman–Crippen MR) is 78.3 cm³/mol. The zero-order valence-electron chi connectivity index (χ0n) is 12.2. The lowest BCUT2D eigenvalue weighted by Gasteiger charge is -2.19. The van der Waals surface area contributed by atoms with Gasteiger partial charge in [-0.3, -0.25) is 0 Å². The molecule has 3 N–H and O–H groups in total. The topological polar surface area (TPSA) is 71.0 Å². The first-order chi connectivity index (χ1) is 9.69. The Morgan fingerprint density at radius 2 is 1.85 bits per heavy atom. The summed E-state index contributed by atoms with van der Waals surface area (Å²) in [6.07, 6.45) is 1.04. The van der Waals surface area contributed by atoms with Crippen LogP contribution in [0.5, 0.6) is 11.5 Å². The molecule has 1 rings (SSSR count). The Bertz CT molecular complexity index is 355. The molecule has 0 amide bonds. The van der Waals surface area contributed by atoms with Crippen LogP contribution >= 0.6 is 0 Å². The number of ether oxygens (including phenoxy) is 2. The molecular weight excluding hydrogens is 258 g/mol. The highest BCUT2D eigenvalue weighted by Crippen LogP contribution is 2.17. The molecule has 0 fully saturated rings. The van der Waals surface area contributed by atoms with Gasteiger partial charge in [0.05, 0.1) is 7.11 Å².